The highest BCUT2D eigenvalue weighted by Gasteiger charge is 2.27. The van der Waals surface area contributed by atoms with Gasteiger partial charge in [0.15, 0.2) is 5.78 Å². The summed E-state index contributed by atoms with van der Waals surface area (Å²) in [6.07, 6.45) is -0.0986. The minimum Gasteiger partial charge on any atom is -0.466 e. The Hall–Kier alpha value is -0.550. The molecule has 0 spiro atoms. The Balaban J connectivity index is 2.37. The van der Waals surface area contributed by atoms with Crippen LogP contribution in [0.1, 0.15) is 27.2 Å². The van der Waals surface area contributed by atoms with Crippen molar-refractivity contribution in [2.75, 3.05) is 25.4 Å². The molecular weight excluding hydrogens is 238 g/mol. The number of thioether (sulfide) groups is 1. The van der Waals surface area contributed by atoms with Gasteiger partial charge >= 0.3 is 5.97 Å². The third-order valence-electron chi connectivity index (χ3n) is 3.04. The van der Waals surface area contributed by atoms with Crippen molar-refractivity contribution in [3.8, 4) is 0 Å². The standard InChI is InChI=1S/C12H21NO3S/c1-4-16-12(15)7-11(14)8-13-5-6-17-10(3)9(13)2/h9-10H,4-8H2,1-3H3. The smallest absolute Gasteiger partial charge is 0.313 e. The number of rotatable bonds is 5. The van der Waals surface area contributed by atoms with Gasteiger partial charge in [0.2, 0.25) is 0 Å². The van der Waals surface area contributed by atoms with Crippen molar-refractivity contribution in [3.63, 3.8) is 0 Å². The van der Waals surface area contributed by atoms with Crippen LogP contribution in [0.4, 0.5) is 0 Å². The van der Waals surface area contributed by atoms with Crippen molar-refractivity contribution in [2.24, 2.45) is 0 Å². The Morgan fingerprint density at radius 1 is 1.41 bits per heavy atom. The molecule has 0 aromatic heterocycles. The fraction of sp³-hybridized carbons (Fsp3) is 0.833. The second kappa shape index (κ2) is 7.01. The monoisotopic (exact) mass is 259 g/mol. The molecule has 1 heterocycles. The van der Waals surface area contributed by atoms with Crippen molar-refractivity contribution in [3.05, 3.63) is 0 Å². The van der Waals surface area contributed by atoms with E-state index in [2.05, 4.69) is 18.7 Å². The largest absolute Gasteiger partial charge is 0.466 e. The number of ether oxygens (including phenoxy) is 1. The minimum atomic E-state index is -0.412. The second-order valence-corrected chi connectivity index (χ2v) is 5.79. The molecule has 2 atom stereocenters. The molecule has 0 bridgehead atoms. The molecule has 0 aromatic rings. The first kappa shape index (κ1) is 14.5. The van der Waals surface area contributed by atoms with E-state index in [0.717, 1.165) is 12.3 Å². The molecule has 5 heteroatoms. The number of Topliss-reactive ketones (excluding diaryl/α,β-unsaturated/α-hetero) is 1. The van der Waals surface area contributed by atoms with Crippen molar-refractivity contribution < 1.29 is 14.3 Å². The van der Waals surface area contributed by atoms with Crippen LogP contribution in [0, 0.1) is 0 Å². The zero-order chi connectivity index (χ0) is 12.8. The lowest BCUT2D eigenvalue weighted by Gasteiger charge is -2.36. The number of ketones is 1. The van der Waals surface area contributed by atoms with Gasteiger partial charge in [0.25, 0.3) is 0 Å². The predicted molar refractivity (Wildman–Crippen MR) is 69.2 cm³/mol. The van der Waals surface area contributed by atoms with Gasteiger partial charge in [-0.3, -0.25) is 14.5 Å². The molecule has 0 saturated carbocycles. The molecule has 0 amide bonds. The van der Waals surface area contributed by atoms with Gasteiger partial charge in [-0.1, -0.05) is 6.92 Å². The van der Waals surface area contributed by atoms with Gasteiger partial charge in [-0.2, -0.15) is 11.8 Å². The normalized spacial score (nSPS) is 25.6. The average Bonchev–Trinajstić information content (AvgIpc) is 2.25. The van der Waals surface area contributed by atoms with Crippen LogP contribution in [0.25, 0.3) is 0 Å². The maximum absolute atomic E-state index is 11.7. The van der Waals surface area contributed by atoms with Gasteiger partial charge in [-0.05, 0) is 13.8 Å². The number of carbonyl (C=O) groups is 2. The summed E-state index contributed by atoms with van der Waals surface area (Å²) in [5.74, 6) is 0.594. The van der Waals surface area contributed by atoms with Crippen molar-refractivity contribution >= 4 is 23.5 Å². The Kier molecular flexibility index (Phi) is 5.98. The summed E-state index contributed by atoms with van der Waals surface area (Å²) in [5, 5.41) is 0.541. The first-order valence-corrected chi connectivity index (χ1v) is 7.12. The van der Waals surface area contributed by atoms with Crippen LogP contribution in [0.5, 0.6) is 0 Å². The van der Waals surface area contributed by atoms with E-state index in [1.807, 2.05) is 11.8 Å². The number of esters is 1. The highest BCUT2D eigenvalue weighted by Crippen LogP contribution is 2.23. The summed E-state index contributed by atoms with van der Waals surface area (Å²) < 4.78 is 4.77. The lowest BCUT2D eigenvalue weighted by atomic mass is 10.1. The van der Waals surface area contributed by atoms with Gasteiger partial charge in [-0.25, -0.2) is 0 Å². The molecule has 0 aliphatic carbocycles. The molecule has 1 aliphatic rings. The van der Waals surface area contributed by atoms with E-state index in [9.17, 15) is 9.59 Å². The highest BCUT2D eigenvalue weighted by molar-refractivity contribution is 8.00. The van der Waals surface area contributed by atoms with E-state index in [1.165, 1.54) is 0 Å². The van der Waals surface area contributed by atoms with Gasteiger partial charge in [0.05, 0.1) is 13.2 Å². The first-order chi connectivity index (χ1) is 8.04. The zero-order valence-corrected chi connectivity index (χ0v) is 11.6. The third kappa shape index (κ3) is 4.68. The second-order valence-electron chi connectivity index (χ2n) is 4.31. The summed E-state index contributed by atoms with van der Waals surface area (Å²) in [7, 11) is 0. The van der Waals surface area contributed by atoms with Gasteiger partial charge in [-0.15, -0.1) is 0 Å². The third-order valence-corrected chi connectivity index (χ3v) is 4.38. The molecule has 1 fully saturated rings. The Labute approximate surface area is 107 Å². The van der Waals surface area contributed by atoms with E-state index >= 15 is 0 Å². The number of carbonyl (C=O) groups excluding carboxylic acids is 2. The molecule has 0 N–H and O–H groups in total. The van der Waals surface area contributed by atoms with E-state index in [-0.39, 0.29) is 12.2 Å². The SMILES string of the molecule is CCOC(=O)CC(=O)CN1CCSC(C)C1C. The lowest BCUT2D eigenvalue weighted by Crippen LogP contribution is -2.47. The van der Waals surface area contributed by atoms with E-state index < -0.39 is 5.97 Å². The zero-order valence-electron chi connectivity index (χ0n) is 10.8. The summed E-state index contributed by atoms with van der Waals surface area (Å²) in [6, 6.07) is 0.389. The van der Waals surface area contributed by atoms with Gasteiger partial charge in [0, 0.05) is 23.6 Å². The average molecular weight is 259 g/mol. The van der Waals surface area contributed by atoms with E-state index in [4.69, 9.17) is 4.74 Å². The molecule has 2 unspecified atom stereocenters. The molecule has 1 aliphatic heterocycles. The molecule has 0 aromatic carbocycles. The Morgan fingerprint density at radius 3 is 2.76 bits per heavy atom. The van der Waals surface area contributed by atoms with Crippen LogP contribution in [0.2, 0.25) is 0 Å². The Bertz CT molecular complexity index is 283. The predicted octanol–water partition coefficient (Wildman–Crippen LogP) is 1.33. The fourth-order valence-corrected chi connectivity index (χ4v) is 3.04. The molecule has 4 nitrogen and oxygen atoms in total. The van der Waals surface area contributed by atoms with E-state index in [0.29, 0.717) is 24.4 Å². The van der Waals surface area contributed by atoms with Crippen molar-refractivity contribution in [1.29, 1.82) is 0 Å². The number of hydrogen-bond donors (Lipinski definition) is 0. The van der Waals surface area contributed by atoms with Crippen LogP contribution in [0.15, 0.2) is 0 Å². The van der Waals surface area contributed by atoms with Crippen LogP contribution in [0.3, 0.4) is 0 Å². The van der Waals surface area contributed by atoms with Crippen LogP contribution >= 0.6 is 11.8 Å². The summed E-state index contributed by atoms with van der Waals surface area (Å²) in [4.78, 5) is 25.0. The first-order valence-electron chi connectivity index (χ1n) is 6.07. The van der Waals surface area contributed by atoms with Crippen LogP contribution < -0.4 is 0 Å². The summed E-state index contributed by atoms with van der Waals surface area (Å²) >= 11 is 1.93. The summed E-state index contributed by atoms with van der Waals surface area (Å²) in [6.45, 7) is 7.68. The molecule has 98 valence electrons. The highest BCUT2D eigenvalue weighted by atomic mass is 32.2. The van der Waals surface area contributed by atoms with Crippen molar-refractivity contribution in [2.45, 2.75) is 38.5 Å². The maximum Gasteiger partial charge on any atom is 0.313 e. The Morgan fingerprint density at radius 2 is 2.12 bits per heavy atom. The van der Waals surface area contributed by atoms with Gasteiger partial charge in [0.1, 0.15) is 6.42 Å². The maximum atomic E-state index is 11.7. The minimum absolute atomic E-state index is 0.0469. The summed E-state index contributed by atoms with van der Waals surface area (Å²) in [5.41, 5.74) is 0. The van der Waals surface area contributed by atoms with Crippen molar-refractivity contribution in [1.82, 2.24) is 4.90 Å². The fourth-order valence-electron chi connectivity index (χ4n) is 1.87. The topological polar surface area (TPSA) is 46.6 Å². The molecule has 17 heavy (non-hydrogen) atoms. The molecule has 0 radical (unpaired) electrons. The van der Waals surface area contributed by atoms with E-state index in [1.54, 1.807) is 6.92 Å². The molecule has 1 saturated heterocycles. The number of nitrogens with zero attached hydrogens (tertiary/aromatic N) is 1. The van der Waals surface area contributed by atoms with Crippen LogP contribution in [-0.4, -0.2) is 53.4 Å². The number of hydrogen-bond acceptors (Lipinski definition) is 5. The lowest BCUT2D eigenvalue weighted by molar-refractivity contribution is -0.145. The van der Waals surface area contributed by atoms with Gasteiger partial charge < -0.3 is 4.74 Å². The van der Waals surface area contributed by atoms with Crippen LogP contribution in [-0.2, 0) is 14.3 Å². The molecule has 1 rings (SSSR count). The molecular formula is C12H21NO3S. The quantitative estimate of drug-likeness (QED) is 0.551.